The van der Waals surface area contributed by atoms with E-state index in [1.54, 1.807) is 6.20 Å². The number of nitrogens with one attached hydrogen (secondary N) is 2. The summed E-state index contributed by atoms with van der Waals surface area (Å²) in [7, 11) is 0. The minimum Gasteiger partial charge on any atom is -0.459 e. The van der Waals surface area contributed by atoms with Crippen LogP contribution in [0.4, 0.5) is 5.69 Å². The van der Waals surface area contributed by atoms with Gasteiger partial charge in [0.15, 0.2) is 5.11 Å². The number of aromatic nitrogens is 1. The van der Waals surface area contributed by atoms with Crippen molar-refractivity contribution in [1.82, 2.24) is 15.2 Å². The molecule has 1 saturated heterocycles. The number of nitrogens with zero attached hydrogens (tertiary/aromatic N) is 2. The number of halogens is 1. The standard InChI is InChI=1S/C27H23ClN4O2S/c1-17-19(10-7-11-20(17)28)22-13-14-23(34-22)26-25(21-12-5-6-15-29-21)31-27(35)32(26)16-24(33)30-18-8-3-2-4-9-18/h2-15,25-26H,16H2,1H3,(H,30,33)(H,31,35)/t25-,26-/m0/s1. The molecule has 2 aromatic heterocycles. The van der Waals surface area contributed by atoms with Crippen LogP contribution in [0, 0.1) is 6.92 Å². The Morgan fingerprint density at radius 2 is 1.89 bits per heavy atom. The van der Waals surface area contributed by atoms with Gasteiger partial charge in [-0.2, -0.15) is 0 Å². The molecule has 176 valence electrons. The third kappa shape index (κ3) is 4.78. The molecule has 1 amide bonds. The van der Waals surface area contributed by atoms with Gasteiger partial charge in [0, 0.05) is 22.5 Å². The topological polar surface area (TPSA) is 70.4 Å². The molecule has 5 rings (SSSR count). The fourth-order valence-electron chi connectivity index (χ4n) is 4.29. The van der Waals surface area contributed by atoms with Crippen LogP contribution in [0.25, 0.3) is 11.3 Å². The highest BCUT2D eigenvalue weighted by molar-refractivity contribution is 7.80. The van der Waals surface area contributed by atoms with E-state index in [-0.39, 0.29) is 24.5 Å². The highest BCUT2D eigenvalue weighted by atomic mass is 35.5. The number of benzene rings is 2. The van der Waals surface area contributed by atoms with Crippen molar-refractivity contribution in [2.75, 3.05) is 11.9 Å². The van der Waals surface area contributed by atoms with Crippen LogP contribution in [-0.2, 0) is 4.79 Å². The zero-order valence-electron chi connectivity index (χ0n) is 18.9. The molecule has 0 spiro atoms. The maximum atomic E-state index is 12.9. The Morgan fingerprint density at radius 1 is 1.09 bits per heavy atom. The van der Waals surface area contributed by atoms with Crippen molar-refractivity contribution in [3.05, 3.63) is 107 Å². The molecular weight excluding hydrogens is 480 g/mol. The Bertz CT molecular complexity index is 1360. The van der Waals surface area contributed by atoms with Gasteiger partial charge >= 0.3 is 0 Å². The minimum absolute atomic E-state index is 0.0565. The van der Waals surface area contributed by atoms with E-state index in [4.69, 9.17) is 28.2 Å². The predicted octanol–water partition coefficient (Wildman–Crippen LogP) is 5.91. The summed E-state index contributed by atoms with van der Waals surface area (Å²) in [5.41, 5.74) is 3.39. The number of carbonyl (C=O) groups is 1. The Kier molecular flexibility index (Phi) is 6.53. The Balaban J connectivity index is 1.48. The highest BCUT2D eigenvalue weighted by Gasteiger charge is 2.42. The van der Waals surface area contributed by atoms with Crippen molar-refractivity contribution in [2.24, 2.45) is 0 Å². The normalized spacial score (nSPS) is 17.3. The average molecular weight is 503 g/mol. The number of amides is 1. The van der Waals surface area contributed by atoms with Gasteiger partial charge in [0.25, 0.3) is 0 Å². The molecule has 0 bridgehead atoms. The third-order valence-electron chi connectivity index (χ3n) is 6.02. The van der Waals surface area contributed by atoms with Gasteiger partial charge < -0.3 is 20.0 Å². The summed E-state index contributed by atoms with van der Waals surface area (Å²) in [6.07, 6.45) is 1.74. The number of hydrogen-bond donors (Lipinski definition) is 2. The monoisotopic (exact) mass is 502 g/mol. The van der Waals surface area contributed by atoms with Gasteiger partial charge in [0.2, 0.25) is 5.91 Å². The lowest BCUT2D eigenvalue weighted by molar-refractivity contribution is -0.116. The molecule has 3 heterocycles. The van der Waals surface area contributed by atoms with Crippen LogP contribution >= 0.6 is 23.8 Å². The van der Waals surface area contributed by atoms with Gasteiger partial charge in [-0.1, -0.05) is 48.0 Å². The highest BCUT2D eigenvalue weighted by Crippen LogP contribution is 2.41. The molecule has 0 radical (unpaired) electrons. The molecule has 2 aromatic carbocycles. The lowest BCUT2D eigenvalue weighted by Gasteiger charge is -2.25. The number of rotatable bonds is 6. The number of thiocarbonyl (C=S) groups is 1. The quantitative estimate of drug-likeness (QED) is 0.319. The van der Waals surface area contributed by atoms with E-state index in [0.717, 1.165) is 22.5 Å². The first-order valence-corrected chi connectivity index (χ1v) is 12.0. The first-order valence-electron chi connectivity index (χ1n) is 11.2. The molecule has 6 nitrogen and oxygen atoms in total. The molecule has 0 aliphatic carbocycles. The van der Waals surface area contributed by atoms with Gasteiger partial charge in [0.1, 0.15) is 24.1 Å². The van der Waals surface area contributed by atoms with E-state index in [1.807, 2.05) is 90.7 Å². The van der Waals surface area contributed by atoms with Crippen molar-refractivity contribution >= 4 is 40.5 Å². The predicted molar refractivity (Wildman–Crippen MR) is 141 cm³/mol. The molecule has 2 atom stereocenters. The summed E-state index contributed by atoms with van der Waals surface area (Å²) >= 11 is 12.0. The fourth-order valence-corrected chi connectivity index (χ4v) is 4.77. The molecule has 8 heteroatoms. The molecule has 1 fully saturated rings. The summed E-state index contributed by atoms with van der Waals surface area (Å²) in [5, 5.41) is 7.41. The molecule has 2 N–H and O–H groups in total. The van der Waals surface area contributed by atoms with E-state index in [9.17, 15) is 4.79 Å². The van der Waals surface area contributed by atoms with E-state index >= 15 is 0 Å². The smallest absolute Gasteiger partial charge is 0.244 e. The largest absolute Gasteiger partial charge is 0.459 e. The zero-order chi connectivity index (χ0) is 24.4. The van der Waals surface area contributed by atoms with Crippen LogP contribution in [0.2, 0.25) is 5.02 Å². The second-order valence-electron chi connectivity index (χ2n) is 8.28. The van der Waals surface area contributed by atoms with Crippen LogP contribution < -0.4 is 10.6 Å². The van der Waals surface area contributed by atoms with Gasteiger partial charge in [-0.15, -0.1) is 0 Å². The van der Waals surface area contributed by atoms with Crippen LogP contribution in [0.15, 0.2) is 89.5 Å². The maximum absolute atomic E-state index is 12.9. The second-order valence-corrected chi connectivity index (χ2v) is 9.08. The first kappa shape index (κ1) is 23.1. The van der Waals surface area contributed by atoms with Gasteiger partial charge in [-0.05, 0) is 67.2 Å². The fraction of sp³-hybridized carbons (Fsp3) is 0.148. The van der Waals surface area contributed by atoms with E-state index in [2.05, 4.69) is 15.6 Å². The van der Waals surface area contributed by atoms with Crippen molar-refractivity contribution < 1.29 is 9.21 Å². The zero-order valence-corrected chi connectivity index (χ0v) is 20.5. The second kappa shape index (κ2) is 9.90. The molecule has 4 aromatic rings. The number of carbonyl (C=O) groups excluding carboxylic acids is 1. The van der Waals surface area contributed by atoms with Gasteiger partial charge in [0.05, 0.1) is 11.7 Å². The molecule has 0 unspecified atom stereocenters. The Labute approximate surface area is 213 Å². The molecule has 1 aliphatic rings. The number of para-hydroxylation sites is 1. The van der Waals surface area contributed by atoms with Crippen LogP contribution in [-0.4, -0.2) is 27.4 Å². The molecule has 0 saturated carbocycles. The number of hydrogen-bond acceptors (Lipinski definition) is 4. The summed E-state index contributed by atoms with van der Waals surface area (Å²) in [5.74, 6) is 1.20. The van der Waals surface area contributed by atoms with E-state index in [0.29, 0.717) is 21.7 Å². The van der Waals surface area contributed by atoms with Crippen LogP contribution in [0.1, 0.15) is 29.1 Å². The number of anilines is 1. The number of furan rings is 1. The Hall–Kier alpha value is -3.68. The lowest BCUT2D eigenvalue weighted by atomic mass is 10.0. The van der Waals surface area contributed by atoms with Crippen molar-refractivity contribution in [2.45, 2.75) is 19.0 Å². The average Bonchev–Trinajstić information content (AvgIpc) is 3.47. The SMILES string of the molecule is Cc1c(Cl)cccc1-c1ccc([C@H]2[C@H](c3ccccn3)NC(=S)N2CC(=O)Nc2ccccc2)o1. The van der Waals surface area contributed by atoms with Crippen LogP contribution in [0.5, 0.6) is 0 Å². The molecule has 35 heavy (non-hydrogen) atoms. The summed E-state index contributed by atoms with van der Waals surface area (Å²) in [4.78, 5) is 19.3. The molecule has 1 aliphatic heterocycles. The van der Waals surface area contributed by atoms with Crippen molar-refractivity contribution in [3.63, 3.8) is 0 Å². The van der Waals surface area contributed by atoms with E-state index < -0.39 is 0 Å². The number of pyridine rings is 1. The van der Waals surface area contributed by atoms with Crippen molar-refractivity contribution in [1.29, 1.82) is 0 Å². The van der Waals surface area contributed by atoms with Crippen molar-refractivity contribution in [3.8, 4) is 11.3 Å². The maximum Gasteiger partial charge on any atom is 0.244 e. The summed E-state index contributed by atoms with van der Waals surface area (Å²) in [6.45, 7) is 2.02. The molecular formula is C27H23ClN4O2S. The summed E-state index contributed by atoms with van der Waals surface area (Å²) < 4.78 is 6.36. The summed E-state index contributed by atoms with van der Waals surface area (Å²) in [6, 6.07) is 24.0. The van der Waals surface area contributed by atoms with Crippen LogP contribution in [0.3, 0.4) is 0 Å². The lowest BCUT2D eigenvalue weighted by Crippen LogP contribution is -2.36. The first-order chi connectivity index (χ1) is 17.0. The minimum atomic E-state index is -0.368. The van der Waals surface area contributed by atoms with Gasteiger partial charge in [-0.3, -0.25) is 9.78 Å². The van der Waals surface area contributed by atoms with Gasteiger partial charge in [-0.25, -0.2) is 0 Å². The third-order valence-corrected chi connectivity index (χ3v) is 6.78. The van der Waals surface area contributed by atoms with E-state index in [1.165, 1.54) is 0 Å². The Morgan fingerprint density at radius 3 is 2.66 bits per heavy atom.